The Morgan fingerprint density at radius 1 is 1.33 bits per heavy atom. The molecule has 1 aromatic carbocycles. The molecule has 3 rings (SSSR count). The fraction of sp³-hybridized carbons (Fsp3) is 0.588. The lowest BCUT2D eigenvalue weighted by Gasteiger charge is -2.37. The van der Waals surface area contributed by atoms with Crippen LogP contribution in [0.3, 0.4) is 0 Å². The molecule has 1 amide bonds. The highest BCUT2D eigenvalue weighted by Crippen LogP contribution is 2.45. The first-order chi connectivity index (χ1) is 9.49. The normalized spacial score (nSPS) is 24.5. The fourth-order valence-electron chi connectivity index (χ4n) is 3.65. The number of aryl methyl sites for hydroxylation is 1. The van der Waals surface area contributed by atoms with Gasteiger partial charge in [-0.2, -0.15) is 0 Å². The van der Waals surface area contributed by atoms with Crippen molar-refractivity contribution < 1.29 is 4.79 Å². The highest BCUT2D eigenvalue weighted by Gasteiger charge is 2.44. The average molecular weight is 309 g/mol. The molecule has 0 spiro atoms. The number of nitrogens with zero attached hydrogens (tertiary/aromatic N) is 2. The van der Waals surface area contributed by atoms with Crippen LogP contribution in [0.4, 0.5) is 5.69 Å². The lowest BCUT2D eigenvalue weighted by molar-refractivity contribution is -0.122. The van der Waals surface area contributed by atoms with Gasteiger partial charge in [-0.1, -0.05) is 31.5 Å². The molecular formula is C17H25ClN2O. The first-order valence-corrected chi connectivity index (χ1v) is 7.61. The molecule has 0 aliphatic carbocycles. The molecule has 0 bridgehead atoms. The van der Waals surface area contributed by atoms with Crippen molar-refractivity contribution in [3.8, 4) is 0 Å². The largest absolute Gasteiger partial charge is 0.308 e. The van der Waals surface area contributed by atoms with Gasteiger partial charge in [-0.15, -0.1) is 12.4 Å². The van der Waals surface area contributed by atoms with Gasteiger partial charge in [0.1, 0.15) is 0 Å². The summed E-state index contributed by atoms with van der Waals surface area (Å²) >= 11 is 0. The number of anilines is 1. The van der Waals surface area contributed by atoms with Gasteiger partial charge in [0.2, 0.25) is 5.91 Å². The summed E-state index contributed by atoms with van der Waals surface area (Å²) in [4.78, 5) is 17.1. The first-order valence-electron chi connectivity index (χ1n) is 7.61. The maximum atomic E-state index is 12.6. The Morgan fingerprint density at radius 2 is 2.05 bits per heavy atom. The summed E-state index contributed by atoms with van der Waals surface area (Å²) in [5, 5.41) is 0. The number of benzene rings is 1. The quantitative estimate of drug-likeness (QED) is 0.795. The van der Waals surface area contributed by atoms with Gasteiger partial charge in [-0.25, -0.2) is 0 Å². The van der Waals surface area contributed by atoms with Gasteiger partial charge in [0.25, 0.3) is 0 Å². The molecule has 1 saturated heterocycles. The van der Waals surface area contributed by atoms with E-state index in [0.717, 1.165) is 25.2 Å². The van der Waals surface area contributed by atoms with Gasteiger partial charge in [0.15, 0.2) is 0 Å². The van der Waals surface area contributed by atoms with Crippen molar-refractivity contribution in [3.05, 3.63) is 29.3 Å². The molecule has 2 heterocycles. The monoisotopic (exact) mass is 308 g/mol. The average Bonchev–Trinajstić information content (AvgIpc) is 2.71. The van der Waals surface area contributed by atoms with Crippen LogP contribution in [0.2, 0.25) is 0 Å². The van der Waals surface area contributed by atoms with E-state index >= 15 is 0 Å². The molecule has 4 heteroatoms. The number of hydrogen-bond acceptors (Lipinski definition) is 2. The van der Waals surface area contributed by atoms with E-state index in [4.69, 9.17) is 0 Å². The maximum Gasteiger partial charge on any atom is 0.229 e. The standard InChI is InChI=1S/C17H24N2O.ClH/c1-11(2)17(20)19-15-6-5-12(3)9-13(15)14-10-18(4)8-7-16(14)19;/h5-6,9,11,14,16H,7-8,10H2,1-4H3;1H. The summed E-state index contributed by atoms with van der Waals surface area (Å²) in [6, 6.07) is 6.90. The third kappa shape index (κ3) is 2.69. The summed E-state index contributed by atoms with van der Waals surface area (Å²) in [6.07, 6.45) is 1.08. The number of rotatable bonds is 1. The third-order valence-corrected chi connectivity index (χ3v) is 4.68. The van der Waals surface area contributed by atoms with Gasteiger partial charge < -0.3 is 9.80 Å². The minimum Gasteiger partial charge on any atom is -0.308 e. The summed E-state index contributed by atoms with van der Waals surface area (Å²) in [5.41, 5.74) is 3.81. The Balaban J connectivity index is 0.00000161. The second-order valence-electron chi connectivity index (χ2n) is 6.65. The van der Waals surface area contributed by atoms with Gasteiger partial charge in [0, 0.05) is 30.1 Å². The minimum atomic E-state index is 0. The molecule has 21 heavy (non-hydrogen) atoms. The summed E-state index contributed by atoms with van der Waals surface area (Å²) in [7, 11) is 2.18. The minimum absolute atomic E-state index is 0. The molecule has 3 nitrogen and oxygen atoms in total. The molecule has 2 aliphatic rings. The van der Waals surface area contributed by atoms with E-state index < -0.39 is 0 Å². The van der Waals surface area contributed by atoms with Crippen molar-refractivity contribution in [2.24, 2.45) is 5.92 Å². The Kier molecular flexibility index (Phi) is 4.64. The van der Waals surface area contributed by atoms with Crippen LogP contribution in [0.1, 0.15) is 37.3 Å². The zero-order valence-corrected chi connectivity index (χ0v) is 14.1. The summed E-state index contributed by atoms with van der Waals surface area (Å²) in [5.74, 6) is 0.807. The van der Waals surface area contributed by atoms with Crippen LogP contribution in [0.15, 0.2) is 18.2 Å². The van der Waals surface area contributed by atoms with Crippen LogP contribution in [-0.4, -0.2) is 37.0 Å². The maximum absolute atomic E-state index is 12.6. The molecule has 2 atom stereocenters. The zero-order chi connectivity index (χ0) is 14.4. The summed E-state index contributed by atoms with van der Waals surface area (Å²) < 4.78 is 0. The van der Waals surface area contributed by atoms with Crippen LogP contribution >= 0.6 is 12.4 Å². The fourth-order valence-corrected chi connectivity index (χ4v) is 3.65. The third-order valence-electron chi connectivity index (χ3n) is 4.68. The second kappa shape index (κ2) is 5.98. The number of fused-ring (bicyclic) bond motifs is 3. The van der Waals surface area contributed by atoms with Crippen molar-refractivity contribution in [1.82, 2.24) is 4.90 Å². The van der Waals surface area contributed by atoms with Crippen molar-refractivity contribution in [1.29, 1.82) is 0 Å². The second-order valence-corrected chi connectivity index (χ2v) is 6.65. The predicted octanol–water partition coefficient (Wildman–Crippen LogP) is 3.21. The van der Waals surface area contributed by atoms with Gasteiger partial charge in [-0.3, -0.25) is 4.79 Å². The molecule has 2 unspecified atom stereocenters. The molecule has 2 aliphatic heterocycles. The molecule has 0 aromatic heterocycles. The smallest absolute Gasteiger partial charge is 0.229 e. The first kappa shape index (κ1) is 16.3. The molecular weight excluding hydrogens is 284 g/mol. The van der Waals surface area contributed by atoms with Crippen LogP contribution in [0.25, 0.3) is 0 Å². The molecule has 0 radical (unpaired) electrons. The molecule has 0 N–H and O–H groups in total. The topological polar surface area (TPSA) is 23.6 Å². The van der Waals surface area contributed by atoms with E-state index in [9.17, 15) is 4.79 Å². The van der Waals surface area contributed by atoms with Crippen LogP contribution < -0.4 is 4.90 Å². The van der Waals surface area contributed by atoms with Crippen LogP contribution in [0, 0.1) is 12.8 Å². The van der Waals surface area contributed by atoms with Crippen LogP contribution in [0.5, 0.6) is 0 Å². The Morgan fingerprint density at radius 3 is 2.71 bits per heavy atom. The zero-order valence-electron chi connectivity index (χ0n) is 13.3. The van der Waals surface area contributed by atoms with E-state index in [1.165, 1.54) is 11.1 Å². The number of likely N-dealkylation sites (tertiary alicyclic amines) is 1. The number of hydrogen-bond donors (Lipinski definition) is 0. The van der Waals surface area contributed by atoms with Crippen LogP contribution in [-0.2, 0) is 4.79 Å². The van der Waals surface area contributed by atoms with Crippen molar-refractivity contribution in [3.63, 3.8) is 0 Å². The highest BCUT2D eigenvalue weighted by atomic mass is 35.5. The number of piperidine rings is 1. The van der Waals surface area contributed by atoms with E-state index in [1.54, 1.807) is 0 Å². The van der Waals surface area contributed by atoms with E-state index in [0.29, 0.717) is 12.0 Å². The van der Waals surface area contributed by atoms with E-state index in [2.05, 4.69) is 42.0 Å². The molecule has 0 saturated carbocycles. The summed E-state index contributed by atoms with van der Waals surface area (Å²) in [6.45, 7) is 8.27. The Bertz CT molecular complexity index is 544. The Labute approximate surface area is 133 Å². The number of likely N-dealkylation sites (N-methyl/N-ethyl adjacent to an activating group) is 1. The van der Waals surface area contributed by atoms with E-state index in [-0.39, 0.29) is 24.2 Å². The molecule has 1 aromatic rings. The van der Waals surface area contributed by atoms with Gasteiger partial charge >= 0.3 is 0 Å². The van der Waals surface area contributed by atoms with E-state index in [1.807, 2.05) is 13.8 Å². The van der Waals surface area contributed by atoms with Gasteiger partial charge in [0.05, 0.1) is 0 Å². The van der Waals surface area contributed by atoms with Crippen molar-refractivity contribution in [2.45, 2.75) is 39.2 Å². The molecule has 1 fully saturated rings. The number of halogens is 1. The number of carbonyl (C=O) groups is 1. The number of amides is 1. The Hall–Kier alpha value is -1.06. The molecule has 116 valence electrons. The lowest BCUT2D eigenvalue weighted by Crippen LogP contribution is -2.48. The highest BCUT2D eigenvalue weighted by molar-refractivity contribution is 5.98. The lowest BCUT2D eigenvalue weighted by atomic mass is 9.88. The van der Waals surface area contributed by atoms with Crippen molar-refractivity contribution >= 4 is 24.0 Å². The predicted molar refractivity (Wildman–Crippen MR) is 89.4 cm³/mol. The SMILES string of the molecule is Cc1ccc2c(c1)C1CN(C)CCC1N2C(=O)C(C)C.Cl. The number of carbonyl (C=O) groups excluding carboxylic acids is 1. The van der Waals surface area contributed by atoms with Crippen molar-refractivity contribution in [2.75, 3.05) is 25.0 Å². The van der Waals surface area contributed by atoms with Gasteiger partial charge in [-0.05, 0) is 38.6 Å².